The summed E-state index contributed by atoms with van der Waals surface area (Å²) in [5, 5.41) is 18.0. The second kappa shape index (κ2) is 6.12. The molecule has 13 heteroatoms. The fraction of sp³-hybridized carbons (Fsp3) is 0.636. The lowest BCUT2D eigenvalue weighted by atomic mass is 9.98. The molecule has 0 aliphatic carbocycles. The van der Waals surface area contributed by atoms with E-state index in [0.29, 0.717) is 35.2 Å². The number of aromatic nitrogens is 5. The molecule has 1 N–H and O–H groups in total. The number of piperidine rings is 1. The van der Waals surface area contributed by atoms with Crippen LogP contribution in [0.2, 0.25) is 0 Å². The summed E-state index contributed by atoms with van der Waals surface area (Å²) in [7, 11) is -5.23. The van der Waals surface area contributed by atoms with E-state index in [1.165, 1.54) is 4.63 Å². The average Bonchev–Trinajstić information content (AvgIpc) is 3.00. The number of sulfonamides is 1. The van der Waals surface area contributed by atoms with Crippen LogP contribution < -0.4 is 5.32 Å². The summed E-state index contributed by atoms with van der Waals surface area (Å²) in [5.41, 5.74) is -4.75. The summed E-state index contributed by atoms with van der Waals surface area (Å²) < 4.78 is 62.0. The molecule has 0 aromatic carbocycles. The van der Waals surface area contributed by atoms with Crippen LogP contribution in [0.25, 0.3) is 5.65 Å². The third-order valence-electron chi connectivity index (χ3n) is 3.85. The Morgan fingerprint density at radius 2 is 1.96 bits per heavy atom. The van der Waals surface area contributed by atoms with Crippen LogP contribution in [0.5, 0.6) is 0 Å². The van der Waals surface area contributed by atoms with Gasteiger partial charge in [-0.05, 0) is 41.3 Å². The van der Waals surface area contributed by atoms with E-state index in [4.69, 9.17) is 0 Å². The van der Waals surface area contributed by atoms with Crippen LogP contribution in [-0.4, -0.2) is 63.1 Å². The number of hydrogen-bond donors (Lipinski definition) is 1. The molecule has 0 radical (unpaired) electrons. The molecular formula is C11H14F3N7O2S. The Bertz CT molecular complexity index is 814. The van der Waals surface area contributed by atoms with E-state index in [1.807, 2.05) is 0 Å². The molecule has 0 unspecified atom stereocenters. The number of rotatable bonds is 4. The maximum atomic E-state index is 12.5. The van der Waals surface area contributed by atoms with Crippen molar-refractivity contribution in [2.75, 3.05) is 25.0 Å². The highest BCUT2D eigenvalue weighted by Crippen LogP contribution is 2.30. The van der Waals surface area contributed by atoms with Crippen LogP contribution in [0.15, 0.2) is 12.1 Å². The number of hydrogen-bond acceptors (Lipinski definition) is 7. The lowest BCUT2D eigenvalue weighted by Crippen LogP contribution is -2.45. The zero-order chi connectivity index (χ0) is 17.4. The van der Waals surface area contributed by atoms with Crippen molar-refractivity contribution >= 4 is 21.5 Å². The van der Waals surface area contributed by atoms with Gasteiger partial charge in [-0.1, -0.05) is 0 Å². The van der Waals surface area contributed by atoms with Gasteiger partial charge in [-0.15, -0.1) is 14.8 Å². The van der Waals surface area contributed by atoms with Crippen molar-refractivity contribution in [2.24, 2.45) is 5.92 Å². The zero-order valence-corrected chi connectivity index (χ0v) is 13.1. The summed E-state index contributed by atoms with van der Waals surface area (Å²) >= 11 is 0. The van der Waals surface area contributed by atoms with Crippen LogP contribution in [0.1, 0.15) is 12.8 Å². The Hall–Kier alpha value is -2.02. The molecule has 1 fully saturated rings. The lowest BCUT2D eigenvalue weighted by Gasteiger charge is -2.31. The van der Waals surface area contributed by atoms with Gasteiger partial charge in [-0.2, -0.15) is 17.5 Å². The fourth-order valence-electron chi connectivity index (χ4n) is 2.49. The van der Waals surface area contributed by atoms with E-state index in [2.05, 4.69) is 25.9 Å². The first-order chi connectivity index (χ1) is 11.3. The number of halogens is 3. The van der Waals surface area contributed by atoms with Crippen molar-refractivity contribution in [3.8, 4) is 0 Å². The topological polar surface area (TPSA) is 105 Å². The van der Waals surface area contributed by atoms with Crippen LogP contribution >= 0.6 is 0 Å². The van der Waals surface area contributed by atoms with Crippen LogP contribution in [0.3, 0.4) is 0 Å². The highest BCUT2D eigenvalue weighted by molar-refractivity contribution is 7.90. The molecule has 0 bridgehead atoms. The Labute approximate surface area is 134 Å². The molecule has 1 aliphatic rings. The van der Waals surface area contributed by atoms with Crippen molar-refractivity contribution in [1.29, 1.82) is 0 Å². The van der Waals surface area contributed by atoms with Crippen LogP contribution in [0.4, 0.5) is 19.0 Å². The highest BCUT2D eigenvalue weighted by Gasteiger charge is 2.50. The van der Waals surface area contributed by atoms with Crippen LogP contribution in [0, 0.1) is 5.92 Å². The number of fused-ring (bicyclic) bond motifs is 1. The fourth-order valence-corrected chi connectivity index (χ4v) is 3.48. The molecule has 3 heterocycles. The number of nitrogens with one attached hydrogen (secondary N) is 1. The zero-order valence-electron chi connectivity index (χ0n) is 12.3. The van der Waals surface area contributed by atoms with E-state index < -0.39 is 15.5 Å². The van der Waals surface area contributed by atoms with Crippen molar-refractivity contribution < 1.29 is 21.6 Å². The molecule has 9 nitrogen and oxygen atoms in total. The van der Waals surface area contributed by atoms with Gasteiger partial charge in [0.05, 0.1) is 0 Å². The number of alkyl halides is 3. The molecule has 0 spiro atoms. The summed E-state index contributed by atoms with van der Waals surface area (Å²) in [5.74, 6) is 0.580. The first-order valence-electron chi connectivity index (χ1n) is 7.13. The molecule has 1 saturated heterocycles. The minimum Gasteiger partial charge on any atom is -0.368 e. The van der Waals surface area contributed by atoms with E-state index in [9.17, 15) is 21.6 Å². The van der Waals surface area contributed by atoms with E-state index in [-0.39, 0.29) is 19.0 Å². The Kier molecular flexibility index (Phi) is 4.29. The first-order valence-corrected chi connectivity index (χ1v) is 8.57. The molecule has 24 heavy (non-hydrogen) atoms. The molecular weight excluding hydrogens is 351 g/mol. The minimum absolute atomic E-state index is 0.0519. The molecule has 2 aromatic rings. The van der Waals surface area contributed by atoms with Crippen LogP contribution in [-0.2, 0) is 10.0 Å². The van der Waals surface area contributed by atoms with Crippen molar-refractivity contribution in [2.45, 2.75) is 18.3 Å². The number of nitrogens with zero attached hydrogens (tertiary/aromatic N) is 6. The Balaban J connectivity index is 1.54. The highest BCUT2D eigenvalue weighted by atomic mass is 32.2. The standard InChI is InChI=1S/C11H14F3N7O2S/c12-11(13,14)24(22,23)20-5-3-8(4-6-20)7-15-9-1-2-10-16-18-19-21(10)17-9/h1-2,8H,3-7H2,(H,15,17). The van der Waals surface area contributed by atoms with Gasteiger partial charge in [0.15, 0.2) is 5.65 Å². The van der Waals surface area contributed by atoms with Crippen molar-refractivity contribution in [3.63, 3.8) is 0 Å². The van der Waals surface area contributed by atoms with E-state index in [1.54, 1.807) is 12.1 Å². The van der Waals surface area contributed by atoms with Gasteiger partial charge in [0.25, 0.3) is 0 Å². The Morgan fingerprint density at radius 3 is 2.62 bits per heavy atom. The summed E-state index contributed by atoms with van der Waals surface area (Å²) in [6.45, 7) is 0.182. The molecule has 1 aliphatic heterocycles. The molecule has 2 aromatic heterocycles. The van der Waals surface area contributed by atoms with Gasteiger partial charge < -0.3 is 5.32 Å². The summed E-state index contributed by atoms with van der Waals surface area (Å²) in [6.07, 6.45) is 0.685. The largest absolute Gasteiger partial charge is 0.511 e. The lowest BCUT2D eigenvalue weighted by molar-refractivity contribution is -0.0496. The third-order valence-corrected chi connectivity index (χ3v) is 5.48. The second-order valence-electron chi connectivity index (χ2n) is 5.42. The second-order valence-corrected chi connectivity index (χ2v) is 7.35. The normalized spacial score (nSPS) is 18.1. The summed E-state index contributed by atoms with van der Waals surface area (Å²) in [6, 6.07) is 3.36. The molecule has 132 valence electrons. The Morgan fingerprint density at radius 1 is 1.25 bits per heavy atom. The smallest absolute Gasteiger partial charge is 0.368 e. The minimum atomic E-state index is -5.25. The number of tetrazole rings is 1. The molecule has 0 atom stereocenters. The van der Waals surface area contributed by atoms with Crippen molar-refractivity contribution in [1.82, 2.24) is 29.6 Å². The van der Waals surface area contributed by atoms with E-state index >= 15 is 0 Å². The predicted octanol–water partition coefficient (Wildman–Crippen LogP) is 0.493. The van der Waals surface area contributed by atoms with Gasteiger partial charge in [-0.25, -0.2) is 8.42 Å². The maximum Gasteiger partial charge on any atom is 0.511 e. The first kappa shape index (κ1) is 16.8. The van der Waals surface area contributed by atoms with E-state index in [0.717, 1.165) is 0 Å². The van der Waals surface area contributed by atoms with Gasteiger partial charge >= 0.3 is 15.5 Å². The monoisotopic (exact) mass is 365 g/mol. The van der Waals surface area contributed by atoms with Gasteiger partial charge in [0.2, 0.25) is 0 Å². The van der Waals surface area contributed by atoms with Gasteiger partial charge in [0.1, 0.15) is 5.82 Å². The van der Waals surface area contributed by atoms with Gasteiger partial charge in [0, 0.05) is 19.6 Å². The number of anilines is 1. The summed E-state index contributed by atoms with van der Waals surface area (Å²) in [4.78, 5) is 0. The average molecular weight is 365 g/mol. The third kappa shape index (κ3) is 3.26. The quantitative estimate of drug-likeness (QED) is 0.841. The predicted molar refractivity (Wildman–Crippen MR) is 76.3 cm³/mol. The van der Waals surface area contributed by atoms with Crippen molar-refractivity contribution in [3.05, 3.63) is 12.1 Å². The molecule has 3 rings (SSSR count). The maximum absolute atomic E-state index is 12.5. The molecule has 0 saturated carbocycles. The van der Waals surface area contributed by atoms with Gasteiger partial charge in [-0.3, -0.25) is 0 Å². The SMILES string of the molecule is O=S(=O)(N1CCC(CNc2ccc3nnnn3n2)CC1)C(F)(F)F. The molecule has 0 amide bonds.